The van der Waals surface area contributed by atoms with Crippen molar-refractivity contribution in [1.29, 1.82) is 5.26 Å². The molecule has 0 aliphatic carbocycles. The van der Waals surface area contributed by atoms with Gasteiger partial charge in [-0.1, -0.05) is 0 Å². The molecule has 19 heavy (non-hydrogen) atoms. The van der Waals surface area contributed by atoms with Gasteiger partial charge in [-0.05, 0) is 28.7 Å². The number of rotatable bonds is 2. The van der Waals surface area contributed by atoms with E-state index in [1.807, 2.05) is 0 Å². The zero-order valence-electron chi connectivity index (χ0n) is 8.73. The van der Waals surface area contributed by atoms with E-state index in [0.29, 0.717) is 6.07 Å². The van der Waals surface area contributed by atoms with Gasteiger partial charge in [0, 0.05) is 9.13 Å². The van der Waals surface area contributed by atoms with Gasteiger partial charge in [0.25, 0.3) is 0 Å². The summed E-state index contributed by atoms with van der Waals surface area (Å²) in [6.07, 6.45) is -10.6. The highest BCUT2D eigenvalue weighted by molar-refractivity contribution is 14.1. The molecule has 3 nitrogen and oxygen atoms in total. The van der Waals surface area contributed by atoms with Crippen LogP contribution in [0.1, 0.15) is 11.3 Å². The molecule has 0 unspecified atom stereocenters. The molecular weight excluding hydrogens is 393 g/mol. The SMILES string of the molecule is N#CCc1c(I)cc(C(F)(F)F)nc1OC(F)(F)F. The number of pyridine rings is 1. The van der Waals surface area contributed by atoms with Crippen LogP contribution in [0.2, 0.25) is 0 Å². The summed E-state index contributed by atoms with van der Waals surface area (Å²) in [6.45, 7) is 0. The van der Waals surface area contributed by atoms with Gasteiger partial charge in [-0.3, -0.25) is 0 Å². The first kappa shape index (κ1) is 15.8. The number of nitrogens with zero attached hydrogens (tertiary/aromatic N) is 2. The third kappa shape index (κ3) is 4.41. The van der Waals surface area contributed by atoms with Crippen LogP contribution in [0.4, 0.5) is 26.3 Å². The molecule has 0 spiro atoms. The minimum absolute atomic E-state index is 0.180. The minimum Gasteiger partial charge on any atom is -0.387 e. The normalized spacial score (nSPS) is 12.1. The van der Waals surface area contributed by atoms with Gasteiger partial charge in [0.05, 0.1) is 12.5 Å². The highest BCUT2D eigenvalue weighted by Gasteiger charge is 2.37. The number of aromatic nitrogens is 1. The molecule has 0 aliphatic heterocycles. The summed E-state index contributed by atoms with van der Waals surface area (Å²) in [7, 11) is 0. The van der Waals surface area contributed by atoms with Crippen molar-refractivity contribution < 1.29 is 31.1 Å². The van der Waals surface area contributed by atoms with E-state index in [0.717, 1.165) is 0 Å². The Kier molecular flexibility index (Phi) is 4.49. The van der Waals surface area contributed by atoms with Gasteiger partial charge in [0.2, 0.25) is 5.88 Å². The third-order valence-corrected chi connectivity index (χ3v) is 2.75. The monoisotopic (exact) mass is 396 g/mol. The Morgan fingerprint density at radius 2 is 1.84 bits per heavy atom. The van der Waals surface area contributed by atoms with Gasteiger partial charge < -0.3 is 4.74 Å². The molecule has 1 heterocycles. The Labute approximate surface area is 116 Å². The second-order valence-electron chi connectivity index (χ2n) is 3.15. The lowest BCUT2D eigenvalue weighted by molar-refractivity contribution is -0.276. The fraction of sp³-hybridized carbons (Fsp3) is 0.333. The van der Waals surface area contributed by atoms with Crippen LogP contribution in [-0.2, 0) is 12.6 Å². The lowest BCUT2D eigenvalue weighted by Gasteiger charge is -2.15. The maximum Gasteiger partial charge on any atom is 0.574 e. The molecular formula is C9H3F6IN2O. The lowest BCUT2D eigenvalue weighted by atomic mass is 10.2. The number of nitriles is 1. The van der Waals surface area contributed by atoms with Crippen molar-refractivity contribution in [1.82, 2.24) is 4.98 Å². The predicted octanol–water partition coefficient (Wildman–Crippen LogP) is 3.67. The van der Waals surface area contributed by atoms with Crippen LogP contribution < -0.4 is 4.74 Å². The number of halogens is 7. The first-order valence-electron chi connectivity index (χ1n) is 4.44. The van der Waals surface area contributed by atoms with E-state index in [1.165, 1.54) is 28.7 Å². The van der Waals surface area contributed by atoms with E-state index in [2.05, 4.69) is 9.72 Å². The topological polar surface area (TPSA) is 45.9 Å². The highest BCUT2D eigenvalue weighted by Crippen LogP contribution is 2.34. The number of hydrogen-bond donors (Lipinski definition) is 0. The molecule has 0 aliphatic rings. The highest BCUT2D eigenvalue weighted by atomic mass is 127. The van der Waals surface area contributed by atoms with Crippen molar-refractivity contribution in [2.75, 3.05) is 0 Å². The zero-order valence-corrected chi connectivity index (χ0v) is 10.9. The van der Waals surface area contributed by atoms with E-state index in [1.54, 1.807) is 0 Å². The van der Waals surface area contributed by atoms with E-state index >= 15 is 0 Å². The van der Waals surface area contributed by atoms with Crippen LogP contribution in [0.15, 0.2) is 6.07 Å². The average Bonchev–Trinajstić information content (AvgIpc) is 2.19. The Balaban J connectivity index is 3.38. The van der Waals surface area contributed by atoms with Crippen LogP contribution in [-0.4, -0.2) is 11.3 Å². The maximum atomic E-state index is 12.4. The van der Waals surface area contributed by atoms with Gasteiger partial charge in [-0.15, -0.1) is 13.2 Å². The van der Waals surface area contributed by atoms with Crippen LogP contribution in [0.25, 0.3) is 0 Å². The Morgan fingerprint density at radius 1 is 1.26 bits per heavy atom. The van der Waals surface area contributed by atoms with Crippen molar-refractivity contribution in [2.24, 2.45) is 0 Å². The summed E-state index contributed by atoms with van der Waals surface area (Å²) >= 11 is 1.39. The van der Waals surface area contributed by atoms with E-state index in [4.69, 9.17) is 5.26 Å². The molecule has 0 N–H and O–H groups in total. The summed E-state index contributed by atoms with van der Waals surface area (Å²) in [5.74, 6) is -1.26. The fourth-order valence-electron chi connectivity index (χ4n) is 1.10. The molecule has 1 aromatic heterocycles. The van der Waals surface area contributed by atoms with Crippen LogP contribution in [0, 0.1) is 14.9 Å². The van der Waals surface area contributed by atoms with Gasteiger partial charge >= 0.3 is 12.5 Å². The molecule has 0 amide bonds. The summed E-state index contributed by atoms with van der Waals surface area (Å²) in [4.78, 5) is 2.79. The number of ether oxygens (including phenoxy) is 1. The molecule has 1 aromatic rings. The summed E-state index contributed by atoms with van der Waals surface area (Å²) in [6, 6.07) is 2.09. The molecule has 0 atom stereocenters. The second kappa shape index (κ2) is 5.40. The number of alkyl halides is 6. The standard InChI is InChI=1S/C9H3F6IN2O/c10-8(11,12)6-3-5(16)4(1-2-17)7(18-6)19-9(13,14)15/h3H,1H2. The zero-order chi connectivity index (χ0) is 14.8. The smallest absolute Gasteiger partial charge is 0.387 e. The largest absolute Gasteiger partial charge is 0.574 e. The van der Waals surface area contributed by atoms with Gasteiger partial charge in [0.1, 0.15) is 5.69 Å². The summed E-state index contributed by atoms with van der Waals surface area (Å²) in [5.41, 5.74) is -1.86. The Morgan fingerprint density at radius 3 is 2.26 bits per heavy atom. The first-order valence-corrected chi connectivity index (χ1v) is 5.52. The second-order valence-corrected chi connectivity index (χ2v) is 4.32. The molecule has 0 fully saturated rings. The van der Waals surface area contributed by atoms with Crippen LogP contribution >= 0.6 is 22.6 Å². The van der Waals surface area contributed by atoms with Gasteiger partial charge in [-0.25, -0.2) is 4.98 Å². The summed E-state index contributed by atoms with van der Waals surface area (Å²) < 4.78 is 76.8. The molecule has 0 radical (unpaired) electrons. The van der Waals surface area contributed by atoms with Gasteiger partial charge in [-0.2, -0.15) is 18.4 Å². The van der Waals surface area contributed by atoms with E-state index in [9.17, 15) is 26.3 Å². The molecule has 10 heteroatoms. The summed E-state index contributed by atoms with van der Waals surface area (Å²) in [5, 5.41) is 8.46. The number of hydrogen-bond acceptors (Lipinski definition) is 3. The quantitative estimate of drug-likeness (QED) is 0.567. The molecule has 0 saturated heterocycles. The molecule has 0 bridgehead atoms. The minimum atomic E-state index is -5.19. The van der Waals surface area contributed by atoms with Crippen LogP contribution in [0.5, 0.6) is 5.88 Å². The van der Waals surface area contributed by atoms with Crippen molar-refractivity contribution >= 4 is 22.6 Å². The fourth-order valence-corrected chi connectivity index (χ4v) is 1.81. The third-order valence-electron chi connectivity index (χ3n) is 1.79. The van der Waals surface area contributed by atoms with Crippen molar-refractivity contribution in [2.45, 2.75) is 19.0 Å². The predicted molar refractivity (Wildman–Crippen MR) is 58.0 cm³/mol. The Hall–Kier alpha value is -1.25. The molecule has 0 saturated carbocycles. The Bertz CT molecular complexity index is 519. The van der Waals surface area contributed by atoms with E-state index < -0.39 is 30.5 Å². The van der Waals surface area contributed by atoms with Crippen molar-refractivity contribution in [3.63, 3.8) is 0 Å². The van der Waals surface area contributed by atoms with Crippen LogP contribution in [0.3, 0.4) is 0 Å². The average molecular weight is 396 g/mol. The molecule has 1 rings (SSSR count). The maximum absolute atomic E-state index is 12.4. The molecule has 104 valence electrons. The van der Waals surface area contributed by atoms with Crippen molar-refractivity contribution in [3.05, 3.63) is 20.9 Å². The van der Waals surface area contributed by atoms with Crippen molar-refractivity contribution in [3.8, 4) is 11.9 Å². The lowest BCUT2D eigenvalue weighted by Crippen LogP contribution is -2.21. The first-order chi connectivity index (χ1) is 8.54. The van der Waals surface area contributed by atoms with E-state index in [-0.39, 0.29) is 9.13 Å². The molecule has 0 aromatic carbocycles. The van der Waals surface area contributed by atoms with Gasteiger partial charge in [0.15, 0.2) is 0 Å².